The van der Waals surface area contributed by atoms with Crippen LogP contribution in [0.15, 0.2) is 169 Å². The molecule has 0 saturated heterocycles. The number of hydrogen-bond acceptors (Lipinski definition) is 6. The number of ether oxygens (including phenoxy) is 2. The lowest BCUT2D eigenvalue weighted by Gasteiger charge is -2.17. The highest BCUT2D eigenvalue weighted by atomic mass is 32.1. The minimum atomic E-state index is 0.476. The van der Waals surface area contributed by atoms with E-state index in [0.717, 1.165) is 157 Å². The third-order valence-corrected chi connectivity index (χ3v) is 17.5. The first kappa shape index (κ1) is 59.7. The van der Waals surface area contributed by atoms with E-state index in [9.17, 15) is 5.26 Å². The van der Waals surface area contributed by atoms with Crippen LogP contribution in [-0.4, -0.2) is 27.6 Å². The van der Waals surface area contributed by atoms with Crippen molar-refractivity contribution in [2.24, 2.45) is 5.92 Å². The monoisotopic (exact) mass is 1140 g/mol. The second-order valence-electron chi connectivity index (χ2n) is 22.8. The summed E-state index contributed by atoms with van der Waals surface area (Å²) in [4.78, 5) is 13.3. The molecule has 6 aromatic carbocycles. The Morgan fingerprint density at radius 2 is 1.26 bits per heavy atom. The number of aromatic nitrogens is 3. The van der Waals surface area contributed by atoms with Gasteiger partial charge in [-0.25, -0.2) is 9.97 Å². The number of unbranched alkanes of at least 4 members (excludes halogenated alkanes) is 7. The summed E-state index contributed by atoms with van der Waals surface area (Å²) in [5.41, 5.74) is 20.1. The van der Waals surface area contributed by atoms with Gasteiger partial charge in [0.2, 0.25) is 0 Å². The predicted octanol–water partition coefficient (Wildman–Crippen LogP) is 21.6. The van der Waals surface area contributed by atoms with E-state index in [-0.39, 0.29) is 0 Å². The normalized spacial score (nSPS) is 11.9. The van der Waals surface area contributed by atoms with Crippen LogP contribution in [0, 0.1) is 42.9 Å². The molecule has 0 aliphatic heterocycles. The topological polar surface area (TPSA) is 72.4 Å². The summed E-state index contributed by atoms with van der Waals surface area (Å²) in [5.74, 6) is 10.0. The lowest BCUT2D eigenvalue weighted by atomic mass is 9.88. The number of pyridine rings is 1. The standard InChI is InChI=1S/C78H80N4O2S/c1-8-12-15-23-46-83-64-37-41-66(56(7)50-64)58-31-33-59(34-32-58)74-69(51-57(11-4)25-14-10-3)71-52-63(67-39-30-54(5)49-72(67)84-47-24-16-13-9-2)44-45-82(71)70(74)42-36-62-35-40-68(73-43-38-65(85-73)48-55(6)53-79)78-77(62)80-75(60-26-19-17-20-27-60)76(81-78)61-28-21-18-22-29-61/h17-22,26-35,37-41,43-45,48-50,52,57H,8-16,23-25,46-47,51H2,1-7H3/b55-48-. The first-order chi connectivity index (χ1) is 41.7. The zero-order valence-corrected chi connectivity index (χ0v) is 51.7. The van der Waals surface area contributed by atoms with Gasteiger partial charge in [0.25, 0.3) is 0 Å². The van der Waals surface area contributed by atoms with E-state index in [1.807, 2.05) is 25.1 Å². The van der Waals surface area contributed by atoms with Gasteiger partial charge in [-0.2, -0.15) is 5.26 Å². The Hall–Kier alpha value is -8.49. The lowest BCUT2D eigenvalue weighted by molar-refractivity contribution is 0.305. The molecule has 10 rings (SSSR count). The Morgan fingerprint density at radius 3 is 1.93 bits per heavy atom. The van der Waals surface area contributed by atoms with E-state index in [1.165, 1.54) is 60.8 Å². The highest BCUT2D eigenvalue weighted by Crippen LogP contribution is 2.42. The number of fused-ring (bicyclic) bond motifs is 2. The van der Waals surface area contributed by atoms with Crippen molar-refractivity contribution in [1.82, 2.24) is 14.4 Å². The van der Waals surface area contributed by atoms with Gasteiger partial charge in [-0.05, 0) is 151 Å². The fourth-order valence-corrected chi connectivity index (χ4v) is 12.7. The minimum absolute atomic E-state index is 0.476. The van der Waals surface area contributed by atoms with Gasteiger partial charge >= 0.3 is 0 Å². The molecule has 7 heteroatoms. The van der Waals surface area contributed by atoms with E-state index in [2.05, 4.69) is 216 Å². The SMILES string of the molecule is CCCCCCOc1ccc(-c2ccc(-c3c(CC(CC)CCCC)c4cc(-c5ccc(C)cc5OCCCCCC)ccn4c3C#Cc3ccc(-c4ccc(/C=C(/C)C#N)s4)c4nc(-c5ccccc5)c(-c5ccccc5)nc34)cc2)c(C)c1. The van der Waals surface area contributed by atoms with Gasteiger partial charge in [-0.1, -0.05) is 201 Å². The van der Waals surface area contributed by atoms with Gasteiger partial charge in [0.05, 0.1) is 47.3 Å². The van der Waals surface area contributed by atoms with Crippen molar-refractivity contribution in [2.45, 2.75) is 132 Å². The summed E-state index contributed by atoms with van der Waals surface area (Å²) in [6.45, 7) is 16.8. The van der Waals surface area contributed by atoms with Crippen LogP contribution < -0.4 is 9.47 Å². The molecule has 0 bridgehead atoms. The Kier molecular flexibility index (Phi) is 20.3. The molecule has 6 nitrogen and oxygen atoms in total. The summed E-state index contributed by atoms with van der Waals surface area (Å²) in [6, 6.07) is 58.5. The van der Waals surface area contributed by atoms with E-state index in [1.54, 1.807) is 11.3 Å². The molecule has 85 heavy (non-hydrogen) atoms. The van der Waals surface area contributed by atoms with Crippen LogP contribution in [0.1, 0.15) is 144 Å². The van der Waals surface area contributed by atoms with E-state index in [0.29, 0.717) is 18.1 Å². The molecular weight excluding hydrogens is 1060 g/mol. The molecule has 0 aliphatic rings. The molecule has 430 valence electrons. The molecule has 0 spiro atoms. The Labute approximate surface area is 509 Å². The van der Waals surface area contributed by atoms with E-state index < -0.39 is 0 Å². The highest BCUT2D eigenvalue weighted by molar-refractivity contribution is 7.16. The summed E-state index contributed by atoms with van der Waals surface area (Å²) >= 11 is 1.64. The third-order valence-electron chi connectivity index (χ3n) is 16.4. The van der Waals surface area contributed by atoms with Gasteiger partial charge in [0.1, 0.15) is 22.7 Å². The summed E-state index contributed by atoms with van der Waals surface area (Å²) in [7, 11) is 0. The highest BCUT2D eigenvalue weighted by Gasteiger charge is 2.24. The Bertz CT molecular complexity index is 4040. The first-order valence-corrected chi connectivity index (χ1v) is 31.9. The van der Waals surface area contributed by atoms with Crippen molar-refractivity contribution >= 4 is 34.0 Å². The number of hydrogen-bond donors (Lipinski definition) is 0. The molecule has 0 aliphatic carbocycles. The number of allylic oxidation sites excluding steroid dienone is 1. The minimum Gasteiger partial charge on any atom is -0.494 e. The largest absolute Gasteiger partial charge is 0.494 e. The summed E-state index contributed by atoms with van der Waals surface area (Å²) < 4.78 is 15.2. The van der Waals surface area contributed by atoms with E-state index >= 15 is 0 Å². The number of rotatable bonds is 25. The fourth-order valence-electron chi connectivity index (χ4n) is 11.6. The van der Waals surface area contributed by atoms with Gasteiger partial charge < -0.3 is 13.9 Å². The zero-order chi connectivity index (χ0) is 59.1. The number of nitriles is 1. The van der Waals surface area contributed by atoms with Gasteiger partial charge in [-0.3, -0.25) is 0 Å². The predicted molar refractivity (Wildman–Crippen MR) is 358 cm³/mol. The smallest absolute Gasteiger partial charge is 0.127 e. The third kappa shape index (κ3) is 14.2. The maximum Gasteiger partial charge on any atom is 0.127 e. The van der Waals surface area contributed by atoms with Crippen molar-refractivity contribution in [3.05, 3.63) is 202 Å². The molecule has 0 amide bonds. The number of thiophene rings is 1. The van der Waals surface area contributed by atoms with Crippen molar-refractivity contribution in [2.75, 3.05) is 13.2 Å². The van der Waals surface area contributed by atoms with Crippen molar-refractivity contribution in [1.29, 1.82) is 5.26 Å². The first-order valence-electron chi connectivity index (χ1n) is 31.1. The molecular formula is C78H80N4O2S. The van der Waals surface area contributed by atoms with Crippen LogP contribution in [0.3, 0.4) is 0 Å². The molecule has 4 heterocycles. The maximum atomic E-state index is 9.68. The Balaban J connectivity index is 1.19. The molecule has 4 aromatic heterocycles. The average molecular weight is 1140 g/mol. The van der Waals surface area contributed by atoms with Crippen molar-refractivity contribution < 1.29 is 9.47 Å². The van der Waals surface area contributed by atoms with Crippen LogP contribution in [-0.2, 0) is 6.42 Å². The van der Waals surface area contributed by atoms with Crippen LogP contribution in [0.5, 0.6) is 11.5 Å². The van der Waals surface area contributed by atoms with E-state index in [4.69, 9.17) is 19.4 Å². The average Bonchev–Trinajstić information content (AvgIpc) is 4.14. The fraction of sp³-hybridized carbons (Fsp3) is 0.295. The second-order valence-corrected chi connectivity index (χ2v) is 23.9. The zero-order valence-electron chi connectivity index (χ0n) is 50.9. The number of benzene rings is 6. The van der Waals surface area contributed by atoms with Crippen LogP contribution in [0.2, 0.25) is 0 Å². The Morgan fingerprint density at radius 1 is 0.600 bits per heavy atom. The summed E-state index contributed by atoms with van der Waals surface area (Å²) in [5, 5.41) is 9.68. The van der Waals surface area contributed by atoms with Crippen molar-refractivity contribution in [3.8, 4) is 95.7 Å². The molecule has 1 unspecified atom stereocenters. The second kappa shape index (κ2) is 28.9. The molecule has 0 N–H and O–H groups in total. The molecule has 0 radical (unpaired) electrons. The quantitative estimate of drug-likeness (QED) is 0.0324. The van der Waals surface area contributed by atoms with Crippen LogP contribution >= 0.6 is 11.3 Å². The molecule has 1 atom stereocenters. The summed E-state index contributed by atoms with van der Waals surface area (Å²) in [6.07, 6.45) is 19.0. The van der Waals surface area contributed by atoms with Crippen molar-refractivity contribution in [3.63, 3.8) is 0 Å². The van der Waals surface area contributed by atoms with Crippen LogP contribution in [0.4, 0.5) is 0 Å². The van der Waals surface area contributed by atoms with Gasteiger partial charge in [-0.15, -0.1) is 11.3 Å². The molecule has 0 saturated carbocycles. The molecule has 0 fully saturated rings. The molecule has 10 aromatic rings. The van der Waals surface area contributed by atoms with Crippen LogP contribution in [0.25, 0.3) is 89.0 Å². The maximum absolute atomic E-state index is 9.68. The van der Waals surface area contributed by atoms with Gasteiger partial charge in [0.15, 0.2) is 0 Å². The number of aryl methyl sites for hydroxylation is 2. The number of nitrogens with zero attached hydrogens (tertiary/aromatic N) is 4. The lowest BCUT2D eigenvalue weighted by Crippen LogP contribution is -2.04. The van der Waals surface area contributed by atoms with Gasteiger partial charge in [0, 0.05) is 49.3 Å².